The van der Waals surface area contributed by atoms with Crippen LogP contribution in [0.5, 0.6) is 5.75 Å². The van der Waals surface area contributed by atoms with Crippen LogP contribution in [-0.2, 0) is 7.05 Å². The zero-order valence-electron chi connectivity index (χ0n) is 15.9. The number of aliphatic hydroxyl groups excluding tert-OH is 1. The maximum Gasteiger partial charge on any atom is 0.163 e. The van der Waals surface area contributed by atoms with Crippen molar-refractivity contribution in [1.82, 2.24) is 19.7 Å². The standard InChI is InChI=1S/C19H25N5O2/c1-11-6-7-16(12(2)8-11)26-10-15(25)9-20-18-17-13(3)23-24(5)19(17)22-14(4)21-18/h6-8,15,25H,9-10H2,1-5H3,(H,20,21,22)/t15-/m1/s1. The third-order valence-corrected chi connectivity index (χ3v) is 4.24. The highest BCUT2D eigenvalue weighted by Crippen LogP contribution is 2.23. The van der Waals surface area contributed by atoms with Gasteiger partial charge in [-0.1, -0.05) is 17.7 Å². The number of nitrogens with zero attached hydrogens (tertiary/aromatic N) is 4. The Hall–Kier alpha value is -2.67. The van der Waals surface area contributed by atoms with Crippen molar-refractivity contribution in [3.63, 3.8) is 0 Å². The molecule has 26 heavy (non-hydrogen) atoms. The van der Waals surface area contributed by atoms with Crippen molar-refractivity contribution in [1.29, 1.82) is 0 Å². The van der Waals surface area contributed by atoms with E-state index in [0.29, 0.717) is 18.2 Å². The average Bonchev–Trinajstić information content (AvgIpc) is 2.86. The molecule has 0 amide bonds. The molecule has 0 radical (unpaired) electrons. The zero-order chi connectivity index (χ0) is 18.8. The summed E-state index contributed by atoms with van der Waals surface area (Å²) in [5, 5.41) is 18.8. The predicted octanol–water partition coefficient (Wildman–Crippen LogP) is 2.45. The summed E-state index contributed by atoms with van der Waals surface area (Å²) in [6, 6.07) is 5.99. The number of aryl methyl sites for hydroxylation is 5. The predicted molar refractivity (Wildman–Crippen MR) is 102 cm³/mol. The molecule has 138 valence electrons. The van der Waals surface area contributed by atoms with Crippen molar-refractivity contribution >= 4 is 16.9 Å². The maximum atomic E-state index is 10.3. The van der Waals surface area contributed by atoms with Gasteiger partial charge in [-0.15, -0.1) is 0 Å². The summed E-state index contributed by atoms with van der Waals surface area (Å²) in [7, 11) is 1.86. The fourth-order valence-corrected chi connectivity index (χ4v) is 3.00. The summed E-state index contributed by atoms with van der Waals surface area (Å²) < 4.78 is 7.48. The molecular formula is C19H25N5O2. The molecule has 1 atom stereocenters. The van der Waals surface area contributed by atoms with Gasteiger partial charge in [0.05, 0.1) is 11.1 Å². The Balaban J connectivity index is 1.66. The van der Waals surface area contributed by atoms with Gasteiger partial charge in [0.1, 0.15) is 30.1 Å². The first-order valence-electron chi connectivity index (χ1n) is 8.65. The molecule has 0 spiro atoms. The topological polar surface area (TPSA) is 85.1 Å². The van der Waals surface area contributed by atoms with Gasteiger partial charge in [-0.2, -0.15) is 5.10 Å². The van der Waals surface area contributed by atoms with Gasteiger partial charge < -0.3 is 15.2 Å². The quantitative estimate of drug-likeness (QED) is 0.706. The number of rotatable bonds is 6. The number of fused-ring (bicyclic) bond motifs is 1. The van der Waals surface area contributed by atoms with Gasteiger partial charge in [0.15, 0.2) is 5.65 Å². The molecule has 2 aromatic heterocycles. The second kappa shape index (κ2) is 7.29. The van der Waals surface area contributed by atoms with Crippen LogP contribution in [-0.4, -0.2) is 44.1 Å². The Morgan fingerprint density at radius 3 is 2.69 bits per heavy atom. The van der Waals surface area contributed by atoms with E-state index in [4.69, 9.17) is 4.74 Å². The minimum Gasteiger partial charge on any atom is -0.491 e. The number of aromatic nitrogens is 4. The van der Waals surface area contributed by atoms with Crippen molar-refractivity contribution in [2.75, 3.05) is 18.5 Å². The number of nitrogens with one attached hydrogen (secondary N) is 1. The van der Waals surface area contributed by atoms with E-state index >= 15 is 0 Å². The second-order valence-electron chi connectivity index (χ2n) is 6.64. The van der Waals surface area contributed by atoms with Crippen LogP contribution in [0, 0.1) is 27.7 Å². The van der Waals surface area contributed by atoms with Gasteiger partial charge in [0.25, 0.3) is 0 Å². The Labute approximate surface area is 153 Å². The van der Waals surface area contributed by atoms with E-state index < -0.39 is 6.10 Å². The maximum absolute atomic E-state index is 10.3. The molecule has 7 nitrogen and oxygen atoms in total. The highest BCUT2D eigenvalue weighted by atomic mass is 16.5. The third-order valence-electron chi connectivity index (χ3n) is 4.24. The molecule has 0 saturated carbocycles. The van der Waals surface area contributed by atoms with E-state index in [1.54, 1.807) is 4.68 Å². The van der Waals surface area contributed by atoms with Crippen molar-refractivity contribution in [2.24, 2.45) is 7.05 Å². The van der Waals surface area contributed by atoms with Crippen LogP contribution in [0.1, 0.15) is 22.6 Å². The van der Waals surface area contributed by atoms with Gasteiger partial charge >= 0.3 is 0 Å². The molecule has 0 fully saturated rings. The van der Waals surface area contributed by atoms with Crippen molar-refractivity contribution in [2.45, 2.75) is 33.8 Å². The largest absolute Gasteiger partial charge is 0.491 e. The van der Waals surface area contributed by atoms with Gasteiger partial charge in [-0.25, -0.2) is 9.97 Å². The van der Waals surface area contributed by atoms with Crippen LogP contribution in [0.3, 0.4) is 0 Å². The van der Waals surface area contributed by atoms with Crippen LogP contribution in [0.4, 0.5) is 5.82 Å². The van der Waals surface area contributed by atoms with Crippen LogP contribution < -0.4 is 10.1 Å². The van der Waals surface area contributed by atoms with E-state index in [0.717, 1.165) is 28.0 Å². The molecule has 1 aromatic carbocycles. The summed E-state index contributed by atoms with van der Waals surface area (Å²) in [4.78, 5) is 8.90. The van der Waals surface area contributed by atoms with E-state index in [2.05, 4.69) is 26.4 Å². The fraction of sp³-hybridized carbons (Fsp3) is 0.421. The Bertz CT molecular complexity index is 935. The number of benzene rings is 1. The zero-order valence-corrected chi connectivity index (χ0v) is 15.9. The minimum atomic E-state index is -0.669. The monoisotopic (exact) mass is 355 g/mol. The molecule has 2 N–H and O–H groups in total. The first kappa shape index (κ1) is 18.1. The molecule has 0 unspecified atom stereocenters. The number of aliphatic hydroxyl groups is 1. The molecule has 0 bridgehead atoms. The number of hydrogen-bond acceptors (Lipinski definition) is 6. The molecular weight excluding hydrogens is 330 g/mol. The van der Waals surface area contributed by atoms with E-state index in [9.17, 15) is 5.11 Å². The van der Waals surface area contributed by atoms with Gasteiger partial charge in [-0.3, -0.25) is 4.68 Å². The molecule has 7 heteroatoms. The van der Waals surface area contributed by atoms with Crippen LogP contribution in [0.15, 0.2) is 18.2 Å². The Morgan fingerprint density at radius 2 is 1.96 bits per heavy atom. The molecule has 3 rings (SSSR count). The lowest BCUT2D eigenvalue weighted by atomic mass is 10.1. The summed E-state index contributed by atoms with van der Waals surface area (Å²) >= 11 is 0. The van der Waals surface area contributed by atoms with Crippen molar-refractivity contribution in [3.8, 4) is 5.75 Å². The lowest BCUT2D eigenvalue weighted by Crippen LogP contribution is -2.27. The highest BCUT2D eigenvalue weighted by Gasteiger charge is 2.15. The second-order valence-corrected chi connectivity index (χ2v) is 6.64. The summed E-state index contributed by atoms with van der Waals surface area (Å²) in [6.45, 7) is 8.33. The van der Waals surface area contributed by atoms with Crippen molar-refractivity contribution < 1.29 is 9.84 Å². The SMILES string of the molecule is Cc1ccc(OC[C@H](O)CNc2nc(C)nc3c2c(C)nn3C)c(C)c1. The lowest BCUT2D eigenvalue weighted by Gasteiger charge is -2.15. The summed E-state index contributed by atoms with van der Waals surface area (Å²) in [5.74, 6) is 2.13. The summed E-state index contributed by atoms with van der Waals surface area (Å²) in [5.41, 5.74) is 3.88. The first-order chi connectivity index (χ1) is 12.3. The van der Waals surface area contributed by atoms with Gasteiger partial charge in [0.2, 0.25) is 0 Å². The fourth-order valence-electron chi connectivity index (χ4n) is 3.00. The molecule has 3 aromatic rings. The van der Waals surface area contributed by atoms with E-state index in [-0.39, 0.29) is 6.61 Å². The lowest BCUT2D eigenvalue weighted by molar-refractivity contribution is 0.117. The smallest absolute Gasteiger partial charge is 0.163 e. The third kappa shape index (κ3) is 3.77. The van der Waals surface area contributed by atoms with Crippen LogP contribution in [0.25, 0.3) is 11.0 Å². The first-order valence-corrected chi connectivity index (χ1v) is 8.65. The molecule has 0 saturated heterocycles. The number of anilines is 1. The number of hydrogen-bond donors (Lipinski definition) is 2. The van der Waals surface area contributed by atoms with Gasteiger partial charge in [0, 0.05) is 13.6 Å². The minimum absolute atomic E-state index is 0.204. The average molecular weight is 355 g/mol. The van der Waals surface area contributed by atoms with Crippen LogP contribution >= 0.6 is 0 Å². The number of ether oxygens (including phenoxy) is 1. The molecule has 0 aliphatic heterocycles. The normalized spacial score (nSPS) is 12.4. The van der Waals surface area contributed by atoms with E-state index in [1.165, 1.54) is 5.56 Å². The highest BCUT2D eigenvalue weighted by molar-refractivity contribution is 5.89. The Morgan fingerprint density at radius 1 is 1.19 bits per heavy atom. The summed E-state index contributed by atoms with van der Waals surface area (Å²) in [6.07, 6.45) is -0.669. The van der Waals surface area contributed by atoms with Crippen molar-refractivity contribution in [3.05, 3.63) is 40.8 Å². The molecule has 0 aliphatic carbocycles. The van der Waals surface area contributed by atoms with E-state index in [1.807, 2.05) is 46.9 Å². The van der Waals surface area contributed by atoms with Crippen LogP contribution in [0.2, 0.25) is 0 Å². The molecule has 0 aliphatic rings. The Kier molecular flexibility index (Phi) is 5.08. The van der Waals surface area contributed by atoms with Gasteiger partial charge in [-0.05, 0) is 39.3 Å². The molecule has 2 heterocycles.